The number of benzene rings is 1. The molecule has 3 heteroatoms. The fourth-order valence-corrected chi connectivity index (χ4v) is 3.54. The molecule has 1 saturated heterocycles. The predicted molar refractivity (Wildman–Crippen MR) is 95.6 cm³/mol. The maximum atomic E-state index is 4.74. The average Bonchev–Trinajstić information content (AvgIpc) is 3.01. The summed E-state index contributed by atoms with van der Waals surface area (Å²) in [6, 6.07) is 11.1. The van der Waals surface area contributed by atoms with Gasteiger partial charge < -0.3 is 9.47 Å². The van der Waals surface area contributed by atoms with Gasteiger partial charge in [0.2, 0.25) is 0 Å². The van der Waals surface area contributed by atoms with E-state index < -0.39 is 0 Å². The van der Waals surface area contributed by atoms with Gasteiger partial charge in [-0.3, -0.25) is 4.98 Å². The fourth-order valence-electron chi connectivity index (χ4n) is 3.54. The molecule has 1 aliphatic heterocycles. The lowest BCUT2D eigenvalue weighted by Crippen LogP contribution is -2.29. The SMILES string of the molecule is CN1CCC(c2cc3cc(-c4ccn(C)c4)ccc3cn2)CC1. The Morgan fingerprint density at radius 1 is 0.957 bits per heavy atom. The monoisotopic (exact) mass is 305 g/mol. The van der Waals surface area contributed by atoms with Crippen LogP contribution in [-0.4, -0.2) is 34.6 Å². The zero-order valence-corrected chi connectivity index (χ0v) is 13.9. The average molecular weight is 305 g/mol. The number of aryl methyl sites for hydroxylation is 1. The van der Waals surface area contributed by atoms with E-state index in [0.29, 0.717) is 5.92 Å². The fraction of sp³-hybridized carbons (Fsp3) is 0.350. The van der Waals surface area contributed by atoms with Crippen LogP contribution in [0.3, 0.4) is 0 Å². The Kier molecular flexibility index (Phi) is 3.66. The van der Waals surface area contributed by atoms with Crippen molar-refractivity contribution in [3.05, 3.63) is 54.6 Å². The van der Waals surface area contributed by atoms with Crippen molar-refractivity contribution in [3.8, 4) is 11.1 Å². The minimum atomic E-state index is 0.607. The van der Waals surface area contributed by atoms with Crippen molar-refractivity contribution in [2.45, 2.75) is 18.8 Å². The molecule has 0 unspecified atom stereocenters. The molecular weight excluding hydrogens is 282 g/mol. The highest BCUT2D eigenvalue weighted by Crippen LogP contribution is 2.30. The molecule has 3 aromatic rings. The van der Waals surface area contributed by atoms with Crippen LogP contribution in [0.2, 0.25) is 0 Å². The van der Waals surface area contributed by atoms with Crippen molar-refractivity contribution >= 4 is 10.8 Å². The number of rotatable bonds is 2. The standard InChI is InChI=1S/C20H23N3/c1-22-8-5-15(6-9-22)20-12-19-11-16(3-4-17(19)13-21-20)18-7-10-23(2)14-18/h3-4,7,10-15H,5-6,8-9H2,1-2H3. The van der Waals surface area contributed by atoms with Gasteiger partial charge >= 0.3 is 0 Å². The summed E-state index contributed by atoms with van der Waals surface area (Å²) in [5.74, 6) is 0.607. The second kappa shape index (κ2) is 5.82. The lowest BCUT2D eigenvalue weighted by Gasteiger charge is -2.28. The largest absolute Gasteiger partial charge is 0.357 e. The third kappa shape index (κ3) is 2.89. The molecule has 0 radical (unpaired) electrons. The van der Waals surface area contributed by atoms with Crippen molar-refractivity contribution in [3.63, 3.8) is 0 Å². The van der Waals surface area contributed by atoms with Crippen LogP contribution in [0.1, 0.15) is 24.5 Å². The first-order valence-corrected chi connectivity index (χ1v) is 8.40. The smallest absolute Gasteiger partial charge is 0.0441 e. The van der Waals surface area contributed by atoms with E-state index in [1.807, 2.05) is 6.20 Å². The number of aromatic nitrogens is 2. The van der Waals surface area contributed by atoms with Crippen molar-refractivity contribution in [1.82, 2.24) is 14.5 Å². The molecule has 1 fully saturated rings. The van der Waals surface area contributed by atoms with E-state index in [9.17, 15) is 0 Å². The molecule has 2 aromatic heterocycles. The molecule has 0 aliphatic carbocycles. The molecule has 4 rings (SSSR count). The number of pyridine rings is 1. The number of likely N-dealkylation sites (tertiary alicyclic amines) is 1. The van der Waals surface area contributed by atoms with Crippen LogP contribution in [-0.2, 0) is 7.05 Å². The topological polar surface area (TPSA) is 21.1 Å². The molecule has 1 aromatic carbocycles. The van der Waals surface area contributed by atoms with Crippen molar-refractivity contribution < 1.29 is 0 Å². The van der Waals surface area contributed by atoms with Gasteiger partial charge in [0.05, 0.1) is 0 Å². The number of piperidine rings is 1. The first-order chi connectivity index (χ1) is 11.2. The van der Waals surface area contributed by atoms with Gasteiger partial charge in [0.1, 0.15) is 0 Å². The molecule has 0 atom stereocenters. The van der Waals surface area contributed by atoms with Crippen molar-refractivity contribution in [2.24, 2.45) is 7.05 Å². The number of hydrogen-bond acceptors (Lipinski definition) is 2. The first kappa shape index (κ1) is 14.5. The van der Waals surface area contributed by atoms with Crippen LogP contribution in [0.15, 0.2) is 48.9 Å². The van der Waals surface area contributed by atoms with Gasteiger partial charge in [0.15, 0.2) is 0 Å². The van der Waals surface area contributed by atoms with E-state index >= 15 is 0 Å². The van der Waals surface area contributed by atoms with Crippen LogP contribution < -0.4 is 0 Å². The Balaban J connectivity index is 1.69. The second-order valence-electron chi connectivity index (χ2n) is 6.81. The van der Waals surface area contributed by atoms with Gasteiger partial charge in [-0.25, -0.2) is 0 Å². The number of fused-ring (bicyclic) bond motifs is 1. The van der Waals surface area contributed by atoms with E-state index in [4.69, 9.17) is 4.98 Å². The third-order valence-corrected chi connectivity index (χ3v) is 5.05. The van der Waals surface area contributed by atoms with Crippen molar-refractivity contribution in [1.29, 1.82) is 0 Å². The molecule has 1 aliphatic rings. The summed E-state index contributed by atoms with van der Waals surface area (Å²) in [7, 11) is 4.27. The maximum absolute atomic E-state index is 4.74. The number of hydrogen-bond donors (Lipinski definition) is 0. The molecule has 3 heterocycles. The molecule has 118 valence electrons. The molecule has 0 saturated carbocycles. The van der Waals surface area contributed by atoms with E-state index in [0.717, 1.165) is 0 Å². The quantitative estimate of drug-likeness (QED) is 0.712. The van der Waals surface area contributed by atoms with Gasteiger partial charge in [-0.15, -0.1) is 0 Å². The van der Waals surface area contributed by atoms with Gasteiger partial charge in [0, 0.05) is 42.6 Å². The molecule has 0 N–H and O–H groups in total. The summed E-state index contributed by atoms with van der Waals surface area (Å²) < 4.78 is 2.09. The summed E-state index contributed by atoms with van der Waals surface area (Å²) in [6.45, 7) is 2.35. The van der Waals surface area contributed by atoms with Crippen LogP contribution in [0, 0.1) is 0 Å². The lowest BCUT2D eigenvalue weighted by molar-refractivity contribution is 0.253. The molecular formula is C20H23N3. The summed E-state index contributed by atoms with van der Waals surface area (Å²) in [6.07, 6.45) is 8.73. The summed E-state index contributed by atoms with van der Waals surface area (Å²) in [4.78, 5) is 7.15. The van der Waals surface area contributed by atoms with Gasteiger partial charge in [0.25, 0.3) is 0 Å². The van der Waals surface area contributed by atoms with Crippen LogP contribution >= 0.6 is 0 Å². The predicted octanol–water partition coefficient (Wildman–Crippen LogP) is 4.05. The Labute approximate surface area is 137 Å². The molecule has 0 spiro atoms. The van der Waals surface area contributed by atoms with Gasteiger partial charge in [-0.2, -0.15) is 0 Å². The van der Waals surface area contributed by atoms with Gasteiger partial charge in [-0.1, -0.05) is 12.1 Å². The first-order valence-electron chi connectivity index (χ1n) is 8.40. The Morgan fingerprint density at radius 2 is 1.78 bits per heavy atom. The zero-order valence-electron chi connectivity index (χ0n) is 13.9. The van der Waals surface area contributed by atoms with Crippen LogP contribution in [0.5, 0.6) is 0 Å². The summed E-state index contributed by atoms with van der Waals surface area (Å²) in [5, 5.41) is 2.52. The molecule has 3 nitrogen and oxygen atoms in total. The zero-order chi connectivity index (χ0) is 15.8. The second-order valence-corrected chi connectivity index (χ2v) is 6.81. The summed E-state index contributed by atoms with van der Waals surface area (Å²) >= 11 is 0. The molecule has 0 bridgehead atoms. The number of nitrogens with zero attached hydrogens (tertiary/aromatic N) is 3. The Hall–Kier alpha value is -2.13. The van der Waals surface area contributed by atoms with Crippen molar-refractivity contribution in [2.75, 3.05) is 20.1 Å². The summed E-state index contributed by atoms with van der Waals surface area (Å²) in [5.41, 5.74) is 3.81. The highest BCUT2D eigenvalue weighted by molar-refractivity contribution is 5.87. The minimum absolute atomic E-state index is 0.607. The maximum Gasteiger partial charge on any atom is 0.0441 e. The third-order valence-electron chi connectivity index (χ3n) is 5.05. The van der Waals surface area contributed by atoms with Crippen LogP contribution in [0.4, 0.5) is 0 Å². The highest BCUT2D eigenvalue weighted by Gasteiger charge is 2.19. The van der Waals surface area contributed by atoms with E-state index in [1.54, 1.807) is 0 Å². The minimum Gasteiger partial charge on any atom is -0.357 e. The van der Waals surface area contributed by atoms with Crippen LogP contribution in [0.25, 0.3) is 21.9 Å². The molecule has 0 amide bonds. The lowest BCUT2D eigenvalue weighted by atomic mass is 9.92. The van der Waals surface area contributed by atoms with Gasteiger partial charge in [-0.05, 0) is 67.7 Å². The van der Waals surface area contributed by atoms with E-state index in [2.05, 4.69) is 66.3 Å². The normalized spacial score (nSPS) is 17.0. The van der Waals surface area contributed by atoms with E-state index in [1.165, 1.54) is 53.5 Å². The Bertz CT molecular complexity index is 826. The molecule has 23 heavy (non-hydrogen) atoms. The Morgan fingerprint density at radius 3 is 2.52 bits per heavy atom. The van der Waals surface area contributed by atoms with E-state index in [-0.39, 0.29) is 0 Å². The highest BCUT2D eigenvalue weighted by atomic mass is 15.1.